The summed E-state index contributed by atoms with van der Waals surface area (Å²) in [6, 6.07) is 0. The van der Waals surface area contributed by atoms with Gasteiger partial charge >= 0.3 is 0 Å². The largest absolute Gasteiger partial charge is 0.312 e. The highest BCUT2D eigenvalue weighted by atomic mass is 16.2. The number of nitrogens with zero attached hydrogens (tertiary/aromatic N) is 1. The summed E-state index contributed by atoms with van der Waals surface area (Å²) in [5.41, 5.74) is 0.228. The minimum Gasteiger partial charge on any atom is -0.312 e. The second kappa shape index (κ2) is 2.31. The van der Waals surface area contributed by atoms with E-state index >= 15 is 0 Å². The van der Waals surface area contributed by atoms with Gasteiger partial charge in [-0.25, -0.2) is 0 Å². The molecule has 2 rings (SSSR count). The van der Waals surface area contributed by atoms with E-state index in [1.54, 1.807) is 0 Å². The van der Waals surface area contributed by atoms with Crippen molar-refractivity contribution >= 4 is 11.7 Å². The Kier molecular flexibility index (Phi) is 1.50. The molecule has 0 aromatic carbocycles. The Bertz CT molecular complexity index is 251. The number of aliphatic imine (C=N–C) groups is 1. The molecule has 1 saturated carbocycles. The van der Waals surface area contributed by atoms with E-state index in [9.17, 15) is 4.79 Å². The van der Waals surface area contributed by atoms with Crippen molar-refractivity contribution in [2.75, 3.05) is 6.54 Å². The molecule has 0 bridgehead atoms. The summed E-state index contributed by atoms with van der Waals surface area (Å²) in [5.74, 6) is 1.59. The van der Waals surface area contributed by atoms with Gasteiger partial charge in [0.25, 0.3) is 0 Å². The van der Waals surface area contributed by atoms with Crippen molar-refractivity contribution in [2.45, 2.75) is 26.7 Å². The predicted octanol–water partition coefficient (Wildman–Crippen LogP) is 0.951. The number of hydrogen-bond donors (Lipinski definition) is 1. The number of carbonyl (C=O) groups is 1. The van der Waals surface area contributed by atoms with Crippen molar-refractivity contribution in [3.63, 3.8) is 0 Å². The standard InChI is InChI=1S/C9H14N2O/c1-6(2)9(3-4-9)8-10-5-7(12)11-8/h6H,3-5H2,1-2H3,(H,10,11,12). The zero-order valence-electron chi connectivity index (χ0n) is 7.55. The first-order chi connectivity index (χ1) is 5.65. The summed E-state index contributed by atoms with van der Waals surface area (Å²) >= 11 is 0. The van der Waals surface area contributed by atoms with Gasteiger partial charge in [-0.1, -0.05) is 13.8 Å². The SMILES string of the molecule is CC(C)C1(C2=NCC(=O)N2)CC1. The van der Waals surface area contributed by atoms with E-state index in [1.807, 2.05) is 0 Å². The summed E-state index contributed by atoms with van der Waals surface area (Å²) in [7, 11) is 0. The second-order valence-electron chi connectivity index (χ2n) is 4.02. The van der Waals surface area contributed by atoms with Crippen LogP contribution in [0.15, 0.2) is 4.99 Å². The van der Waals surface area contributed by atoms with Gasteiger partial charge in [-0.3, -0.25) is 9.79 Å². The van der Waals surface area contributed by atoms with Crippen LogP contribution in [0.4, 0.5) is 0 Å². The van der Waals surface area contributed by atoms with Gasteiger partial charge in [0.1, 0.15) is 12.4 Å². The highest BCUT2D eigenvalue weighted by Gasteiger charge is 2.51. The maximum Gasteiger partial charge on any atom is 0.247 e. The van der Waals surface area contributed by atoms with E-state index in [0.29, 0.717) is 12.5 Å². The summed E-state index contributed by atoms with van der Waals surface area (Å²) < 4.78 is 0. The lowest BCUT2D eigenvalue weighted by Gasteiger charge is -2.18. The van der Waals surface area contributed by atoms with Crippen LogP contribution in [0.25, 0.3) is 0 Å². The molecule has 2 aliphatic rings. The highest BCUT2D eigenvalue weighted by Crippen LogP contribution is 2.52. The molecule has 1 heterocycles. The van der Waals surface area contributed by atoms with Crippen LogP contribution in [-0.2, 0) is 4.79 Å². The lowest BCUT2D eigenvalue weighted by atomic mass is 9.91. The van der Waals surface area contributed by atoms with Gasteiger partial charge in [-0.15, -0.1) is 0 Å². The van der Waals surface area contributed by atoms with Gasteiger partial charge in [0, 0.05) is 5.41 Å². The molecule has 0 aromatic rings. The topological polar surface area (TPSA) is 41.5 Å². The summed E-state index contributed by atoms with van der Waals surface area (Å²) in [6.07, 6.45) is 2.37. The molecular formula is C9H14N2O. The first kappa shape index (κ1) is 7.77. The molecule has 1 fully saturated rings. The minimum absolute atomic E-state index is 0.0527. The number of amides is 1. The lowest BCUT2D eigenvalue weighted by molar-refractivity contribution is -0.117. The molecule has 0 radical (unpaired) electrons. The fraction of sp³-hybridized carbons (Fsp3) is 0.778. The van der Waals surface area contributed by atoms with E-state index < -0.39 is 0 Å². The van der Waals surface area contributed by atoms with Crippen LogP contribution in [0, 0.1) is 11.3 Å². The van der Waals surface area contributed by atoms with Crippen LogP contribution in [0.2, 0.25) is 0 Å². The molecule has 1 amide bonds. The Labute approximate surface area is 72.3 Å². The molecule has 0 unspecified atom stereocenters. The van der Waals surface area contributed by atoms with Crippen molar-refractivity contribution < 1.29 is 4.79 Å². The lowest BCUT2D eigenvalue weighted by Crippen LogP contribution is -2.34. The van der Waals surface area contributed by atoms with Gasteiger partial charge in [0.2, 0.25) is 5.91 Å². The number of nitrogens with one attached hydrogen (secondary N) is 1. The highest BCUT2D eigenvalue weighted by molar-refractivity contribution is 6.07. The number of rotatable bonds is 2. The zero-order chi connectivity index (χ0) is 8.77. The fourth-order valence-corrected chi connectivity index (χ4v) is 1.87. The smallest absolute Gasteiger partial charge is 0.247 e. The monoisotopic (exact) mass is 166 g/mol. The Morgan fingerprint density at radius 2 is 2.17 bits per heavy atom. The van der Waals surface area contributed by atoms with Gasteiger partial charge < -0.3 is 5.32 Å². The molecule has 1 aliphatic heterocycles. The van der Waals surface area contributed by atoms with Gasteiger partial charge in [-0.05, 0) is 18.8 Å². The van der Waals surface area contributed by atoms with E-state index in [4.69, 9.17) is 0 Å². The maximum atomic E-state index is 10.9. The molecule has 0 aromatic heterocycles. The third-order valence-electron chi connectivity index (χ3n) is 3.00. The Hall–Kier alpha value is -0.860. The van der Waals surface area contributed by atoms with Crippen molar-refractivity contribution in [1.29, 1.82) is 0 Å². The fourth-order valence-electron chi connectivity index (χ4n) is 1.87. The van der Waals surface area contributed by atoms with Crippen LogP contribution >= 0.6 is 0 Å². The van der Waals surface area contributed by atoms with E-state index in [1.165, 1.54) is 12.8 Å². The van der Waals surface area contributed by atoms with Crippen LogP contribution in [0.5, 0.6) is 0 Å². The van der Waals surface area contributed by atoms with E-state index in [2.05, 4.69) is 24.2 Å². The Morgan fingerprint density at radius 1 is 1.50 bits per heavy atom. The molecule has 3 nitrogen and oxygen atoms in total. The van der Waals surface area contributed by atoms with E-state index in [0.717, 1.165) is 5.84 Å². The molecule has 1 aliphatic carbocycles. The normalized spacial score (nSPS) is 25.6. The molecule has 0 saturated heterocycles. The Morgan fingerprint density at radius 3 is 2.50 bits per heavy atom. The molecule has 3 heteroatoms. The maximum absolute atomic E-state index is 10.9. The van der Waals surface area contributed by atoms with Crippen molar-refractivity contribution in [3.05, 3.63) is 0 Å². The number of amidine groups is 1. The van der Waals surface area contributed by atoms with Crippen molar-refractivity contribution in [3.8, 4) is 0 Å². The molecule has 0 atom stereocenters. The van der Waals surface area contributed by atoms with Crippen LogP contribution in [0.1, 0.15) is 26.7 Å². The van der Waals surface area contributed by atoms with Crippen molar-refractivity contribution in [2.24, 2.45) is 16.3 Å². The second-order valence-corrected chi connectivity index (χ2v) is 4.02. The molecule has 66 valence electrons. The third-order valence-corrected chi connectivity index (χ3v) is 3.00. The van der Waals surface area contributed by atoms with Gasteiger partial charge in [-0.2, -0.15) is 0 Å². The quantitative estimate of drug-likeness (QED) is 0.652. The van der Waals surface area contributed by atoms with Crippen LogP contribution < -0.4 is 5.32 Å². The molecular weight excluding hydrogens is 152 g/mol. The Balaban J connectivity index is 2.15. The van der Waals surface area contributed by atoms with Gasteiger partial charge in [0.05, 0.1) is 0 Å². The number of carbonyl (C=O) groups excluding carboxylic acids is 1. The summed E-state index contributed by atoms with van der Waals surface area (Å²) in [4.78, 5) is 15.2. The number of hydrogen-bond acceptors (Lipinski definition) is 2. The first-order valence-electron chi connectivity index (χ1n) is 4.50. The molecule has 12 heavy (non-hydrogen) atoms. The van der Waals surface area contributed by atoms with E-state index in [-0.39, 0.29) is 11.3 Å². The first-order valence-corrected chi connectivity index (χ1v) is 4.50. The zero-order valence-corrected chi connectivity index (χ0v) is 7.55. The van der Waals surface area contributed by atoms with Crippen molar-refractivity contribution in [1.82, 2.24) is 5.32 Å². The summed E-state index contributed by atoms with van der Waals surface area (Å²) in [6.45, 7) is 4.73. The minimum atomic E-state index is 0.0527. The van der Waals surface area contributed by atoms with Crippen LogP contribution in [-0.4, -0.2) is 18.3 Å². The molecule has 0 spiro atoms. The van der Waals surface area contributed by atoms with Gasteiger partial charge in [0.15, 0.2) is 0 Å². The predicted molar refractivity (Wildman–Crippen MR) is 46.9 cm³/mol. The third kappa shape index (κ3) is 0.958. The summed E-state index contributed by atoms with van der Waals surface area (Å²) in [5, 5.41) is 2.85. The molecule has 1 N–H and O–H groups in total. The average molecular weight is 166 g/mol. The van der Waals surface area contributed by atoms with Crippen LogP contribution in [0.3, 0.4) is 0 Å². The average Bonchev–Trinajstić information content (AvgIpc) is 2.71.